The number of benzene rings is 2. The third kappa shape index (κ3) is 2.08. The molecule has 0 N–H and O–H groups in total. The van der Waals surface area contributed by atoms with E-state index < -0.39 is 0 Å². The van der Waals surface area contributed by atoms with Crippen LogP contribution in [-0.2, 0) is 0 Å². The molecule has 0 bridgehead atoms. The molecule has 1 atom stereocenters. The normalized spacial score (nSPS) is 12.8. The van der Waals surface area contributed by atoms with E-state index >= 15 is 0 Å². The predicted molar refractivity (Wildman–Crippen MR) is 78.1 cm³/mol. The first-order chi connectivity index (χ1) is 9.18. The molecule has 0 saturated carbocycles. The lowest BCUT2D eigenvalue weighted by molar-refractivity contribution is 0.517. The van der Waals surface area contributed by atoms with Crippen LogP contribution in [0.2, 0.25) is 0 Å². The van der Waals surface area contributed by atoms with Crippen LogP contribution in [-0.4, -0.2) is 0 Å². The van der Waals surface area contributed by atoms with E-state index in [0.717, 1.165) is 22.3 Å². The maximum Gasteiger partial charge on any atom is 0.131 e. The summed E-state index contributed by atoms with van der Waals surface area (Å²) in [4.78, 5) is -0.0759. The fraction of sp³-hybridized carbons (Fsp3) is 0.125. The van der Waals surface area contributed by atoms with Crippen molar-refractivity contribution in [3.05, 3.63) is 71.4 Å². The second-order valence-electron chi connectivity index (χ2n) is 4.51. The summed E-state index contributed by atoms with van der Waals surface area (Å²) in [7, 11) is 0. The van der Waals surface area contributed by atoms with Gasteiger partial charge in [-0.3, -0.25) is 0 Å². The van der Waals surface area contributed by atoms with E-state index in [9.17, 15) is 4.39 Å². The maximum absolute atomic E-state index is 13.8. The fourth-order valence-electron chi connectivity index (χ4n) is 2.29. The summed E-state index contributed by atoms with van der Waals surface area (Å²) in [6, 6.07) is 12.7. The molecular weight excluding hydrogens is 307 g/mol. The van der Waals surface area contributed by atoms with Crippen molar-refractivity contribution >= 4 is 26.7 Å². The van der Waals surface area contributed by atoms with Gasteiger partial charge in [-0.15, -0.1) is 0 Å². The van der Waals surface area contributed by atoms with Gasteiger partial charge in [-0.2, -0.15) is 0 Å². The van der Waals surface area contributed by atoms with Crippen LogP contribution in [0.3, 0.4) is 0 Å². The summed E-state index contributed by atoms with van der Waals surface area (Å²) < 4.78 is 19.3. The number of alkyl halides is 1. The van der Waals surface area contributed by atoms with Crippen LogP contribution in [0.5, 0.6) is 0 Å². The number of hydrogen-bond acceptors (Lipinski definition) is 1. The van der Waals surface area contributed by atoms with Gasteiger partial charge in [-0.1, -0.05) is 46.3 Å². The van der Waals surface area contributed by atoms with Gasteiger partial charge < -0.3 is 4.42 Å². The quantitative estimate of drug-likeness (QED) is 0.579. The first-order valence-electron chi connectivity index (χ1n) is 6.03. The third-order valence-electron chi connectivity index (χ3n) is 3.31. The van der Waals surface area contributed by atoms with Crippen molar-refractivity contribution < 1.29 is 8.81 Å². The van der Waals surface area contributed by atoms with E-state index in [1.54, 1.807) is 18.4 Å². The zero-order chi connectivity index (χ0) is 13.4. The fourth-order valence-corrected chi connectivity index (χ4v) is 3.16. The van der Waals surface area contributed by atoms with E-state index in [4.69, 9.17) is 4.42 Å². The highest BCUT2D eigenvalue weighted by molar-refractivity contribution is 9.09. The Kier molecular flexibility index (Phi) is 3.15. The molecule has 1 heterocycles. The minimum Gasteiger partial charge on any atom is -0.468 e. The van der Waals surface area contributed by atoms with Crippen molar-refractivity contribution in [3.8, 4) is 0 Å². The summed E-state index contributed by atoms with van der Waals surface area (Å²) >= 11 is 3.65. The molecule has 0 amide bonds. The second kappa shape index (κ2) is 4.82. The van der Waals surface area contributed by atoms with Crippen LogP contribution in [0.4, 0.5) is 4.39 Å². The van der Waals surface area contributed by atoms with Gasteiger partial charge in [0.1, 0.15) is 11.6 Å². The van der Waals surface area contributed by atoms with Crippen molar-refractivity contribution in [2.75, 3.05) is 0 Å². The number of aryl methyl sites for hydroxylation is 1. The number of halogens is 2. The highest BCUT2D eigenvalue weighted by Crippen LogP contribution is 2.37. The molecule has 19 heavy (non-hydrogen) atoms. The topological polar surface area (TPSA) is 13.1 Å². The third-order valence-corrected chi connectivity index (χ3v) is 4.22. The Bertz CT molecular complexity index is 732. The second-order valence-corrected chi connectivity index (χ2v) is 5.43. The molecule has 1 nitrogen and oxygen atoms in total. The molecule has 0 aliphatic heterocycles. The minimum atomic E-state index is -0.199. The van der Waals surface area contributed by atoms with Crippen LogP contribution in [0, 0.1) is 12.7 Å². The van der Waals surface area contributed by atoms with Crippen LogP contribution in [0.15, 0.2) is 53.1 Å². The molecule has 2 aromatic carbocycles. The monoisotopic (exact) mass is 318 g/mol. The van der Waals surface area contributed by atoms with Crippen molar-refractivity contribution in [1.82, 2.24) is 0 Å². The summed E-state index contributed by atoms with van der Waals surface area (Å²) in [5.74, 6) is 0.659. The number of hydrogen-bond donors (Lipinski definition) is 0. The summed E-state index contributed by atoms with van der Waals surface area (Å²) in [6.07, 6.45) is 1.67. The standard InChI is InChI=1S/C16H12BrFO/c1-10-8-9-19-16(10)15(17)13-6-7-14(18)12-5-3-2-4-11(12)13/h2-9,15H,1H3. The van der Waals surface area contributed by atoms with Crippen molar-refractivity contribution in [1.29, 1.82) is 0 Å². The van der Waals surface area contributed by atoms with Crippen LogP contribution in [0.25, 0.3) is 10.8 Å². The molecular formula is C16H12BrFO. The minimum absolute atomic E-state index is 0.0759. The van der Waals surface area contributed by atoms with Gasteiger partial charge in [0.15, 0.2) is 0 Å². The SMILES string of the molecule is Cc1ccoc1C(Br)c1ccc(F)c2ccccc12. The molecule has 1 aromatic heterocycles. The van der Waals surface area contributed by atoms with Gasteiger partial charge in [-0.25, -0.2) is 4.39 Å². The largest absolute Gasteiger partial charge is 0.468 e. The predicted octanol–water partition coefficient (Wildman–Crippen LogP) is 5.36. The van der Waals surface area contributed by atoms with E-state index in [1.807, 2.05) is 31.2 Å². The Morgan fingerprint density at radius 2 is 1.79 bits per heavy atom. The van der Waals surface area contributed by atoms with Crippen molar-refractivity contribution in [2.45, 2.75) is 11.8 Å². The zero-order valence-electron chi connectivity index (χ0n) is 10.4. The van der Waals surface area contributed by atoms with Crippen molar-refractivity contribution in [3.63, 3.8) is 0 Å². The van der Waals surface area contributed by atoms with Gasteiger partial charge in [0.2, 0.25) is 0 Å². The molecule has 0 spiro atoms. The van der Waals surface area contributed by atoms with Crippen LogP contribution in [0.1, 0.15) is 21.7 Å². The van der Waals surface area contributed by atoms with Gasteiger partial charge in [-0.05, 0) is 35.6 Å². The van der Waals surface area contributed by atoms with Crippen molar-refractivity contribution in [2.24, 2.45) is 0 Å². The van der Waals surface area contributed by atoms with Gasteiger partial charge >= 0.3 is 0 Å². The van der Waals surface area contributed by atoms with E-state index in [-0.39, 0.29) is 10.6 Å². The summed E-state index contributed by atoms with van der Waals surface area (Å²) in [6.45, 7) is 2.00. The van der Waals surface area contributed by atoms with Gasteiger partial charge in [0, 0.05) is 5.39 Å². The van der Waals surface area contributed by atoms with E-state index in [1.165, 1.54) is 6.07 Å². The molecule has 96 valence electrons. The van der Waals surface area contributed by atoms with E-state index in [2.05, 4.69) is 15.9 Å². The molecule has 3 rings (SSSR count). The first-order valence-corrected chi connectivity index (χ1v) is 6.95. The van der Waals surface area contributed by atoms with E-state index in [0.29, 0.717) is 5.39 Å². The average molecular weight is 319 g/mol. The highest BCUT2D eigenvalue weighted by Gasteiger charge is 2.19. The lowest BCUT2D eigenvalue weighted by Gasteiger charge is -2.12. The molecule has 0 fully saturated rings. The number of rotatable bonds is 2. The number of furan rings is 1. The Labute approximate surface area is 119 Å². The van der Waals surface area contributed by atoms with Crippen LogP contribution >= 0.6 is 15.9 Å². The summed E-state index contributed by atoms with van der Waals surface area (Å²) in [5, 5.41) is 1.54. The lowest BCUT2D eigenvalue weighted by Crippen LogP contribution is -1.95. The molecule has 0 radical (unpaired) electrons. The van der Waals surface area contributed by atoms with Crippen LogP contribution < -0.4 is 0 Å². The molecule has 3 heteroatoms. The van der Waals surface area contributed by atoms with Gasteiger partial charge in [0.05, 0.1) is 11.1 Å². The highest BCUT2D eigenvalue weighted by atomic mass is 79.9. The number of fused-ring (bicyclic) bond motifs is 1. The zero-order valence-corrected chi connectivity index (χ0v) is 11.9. The molecule has 3 aromatic rings. The molecule has 0 aliphatic carbocycles. The molecule has 0 saturated heterocycles. The molecule has 0 aliphatic rings. The Morgan fingerprint density at radius 1 is 1.05 bits per heavy atom. The first kappa shape index (κ1) is 12.4. The average Bonchev–Trinajstić information content (AvgIpc) is 2.85. The summed E-state index contributed by atoms with van der Waals surface area (Å²) in [5.41, 5.74) is 2.09. The Hall–Kier alpha value is -1.61. The molecule has 1 unspecified atom stereocenters. The smallest absolute Gasteiger partial charge is 0.131 e. The Morgan fingerprint density at radius 3 is 2.47 bits per heavy atom. The lowest BCUT2D eigenvalue weighted by atomic mass is 10.00. The van der Waals surface area contributed by atoms with Gasteiger partial charge in [0.25, 0.3) is 0 Å². The maximum atomic E-state index is 13.8. The Balaban J connectivity index is 2.21.